The van der Waals surface area contributed by atoms with E-state index in [-0.39, 0.29) is 28.2 Å². The molecule has 1 aromatic carbocycles. The van der Waals surface area contributed by atoms with Crippen LogP contribution in [0.4, 0.5) is 0 Å². The maximum absolute atomic E-state index is 12.7. The normalized spacial score (nSPS) is 20.3. The summed E-state index contributed by atoms with van der Waals surface area (Å²) >= 11 is 0. The highest BCUT2D eigenvalue weighted by molar-refractivity contribution is 6.74. The zero-order chi connectivity index (χ0) is 25.1. The Balaban J connectivity index is 2.13. The van der Waals surface area contributed by atoms with Gasteiger partial charge in [0.25, 0.3) is 0 Å². The topological polar surface area (TPSA) is 48.0 Å². The Morgan fingerprint density at radius 2 is 1.58 bits per heavy atom. The summed E-state index contributed by atoms with van der Waals surface area (Å²) in [6.45, 7) is 23.2. The molecule has 184 valence electrons. The molecule has 2 atom stereocenters. The quantitative estimate of drug-likeness (QED) is 0.349. The third-order valence-corrected chi connectivity index (χ3v) is 16.3. The number of hydrogen-bond donors (Lipinski definition) is 0. The highest BCUT2D eigenvalue weighted by Gasteiger charge is 2.43. The van der Waals surface area contributed by atoms with Gasteiger partial charge in [0.2, 0.25) is 0 Å². The molecule has 0 aromatic heterocycles. The van der Waals surface area contributed by atoms with Gasteiger partial charge in [-0.15, -0.1) is 5.06 Å². The van der Waals surface area contributed by atoms with Gasteiger partial charge in [-0.05, 0) is 48.4 Å². The number of carbonyl (C=O) groups is 1. The summed E-state index contributed by atoms with van der Waals surface area (Å²) in [5.74, 6) is 6.13. The number of rotatable bonds is 6. The van der Waals surface area contributed by atoms with Crippen molar-refractivity contribution >= 4 is 22.6 Å². The molecule has 0 N–H and O–H groups in total. The molecule has 1 aliphatic rings. The van der Waals surface area contributed by atoms with Gasteiger partial charge in [-0.3, -0.25) is 0 Å². The molecular weight excluding hydrogens is 446 g/mol. The van der Waals surface area contributed by atoms with Crippen molar-refractivity contribution in [3.63, 3.8) is 0 Å². The number of hydrogen-bond acceptors (Lipinski definition) is 5. The number of carbonyl (C=O) groups excluding carboxylic acids is 1. The molecular formula is C26H43NO4Si2. The van der Waals surface area contributed by atoms with Crippen molar-refractivity contribution in [3.8, 4) is 11.8 Å². The Bertz CT molecular complexity index is 860. The molecule has 1 fully saturated rings. The van der Waals surface area contributed by atoms with Crippen LogP contribution in [0.25, 0.3) is 0 Å². The van der Waals surface area contributed by atoms with Crippen molar-refractivity contribution in [2.45, 2.75) is 96.4 Å². The zero-order valence-electron chi connectivity index (χ0n) is 22.2. The fraction of sp³-hybridized carbons (Fsp3) is 0.654. The first-order chi connectivity index (χ1) is 15.0. The monoisotopic (exact) mass is 489 g/mol. The standard InChI is InChI=1S/C26H43NO4Si2/c1-25(2,3)32(7,8)29-18-14-17-22-19-23(31-33(9,10)26(4,5)6)20-27(22)30-24(28)21-15-12-11-13-16-21/h11-13,15-16,22-23H,18-20H2,1-10H3/t22-,23+/m0/s1. The van der Waals surface area contributed by atoms with Crippen LogP contribution in [-0.4, -0.2) is 53.0 Å². The molecule has 0 spiro atoms. The van der Waals surface area contributed by atoms with E-state index in [1.165, 1.54) is 0 Å². The van der Waals surface area contributed by atoms with E-state index in [1.807, 2.05) is 18.2 Å². The zero-order valence-corrected chi connectivity index (χ0v) is 24.2. The predicted octanol–water partition coefficient (Wildman–Crippen LogP) is 6.25. The van der Waals surface area contributed by atoms with E-state index in [9.17, 15) is 4.79 Å². The van der Waals surface area contributed by atoms with Crippen LogP contribution < -0.4 is 0 Å². The van der Waals surface area contributed by atoms with Crippen LogP contribution in [-0.2, 0) is 13.7 Å². The summed E-state index contributed by atoms with van der Waals surface area (Å²) in [6.07, 6.45) is 0.692. The molecule has 2 rings (SSSR count). The van der Waals surface area contributed by atoms with Crippen molar-refractivity contribution in [2.24, 2.45) is 0 Å². The maximum atomic E-state index is 12.7. The van der Waals surface area contributed by atoms with Crippen molar-refractivity contribution in [1.29, 1.82) is 0 Å². The molecule has 7 heteroatoms. The predicted molar refractivity (Wildman–Crippen MR) is 140 cm³/mol. The van der Waals surface area contributed by atoms with Gasteiger partial charge in [-0.1, -0.05) is 71.6 Å². The summed E-state index contributed by atoms with van der Waals surface area (Å²) in [7, 11) is -3.81. The second kappa shape index (κ2) is 10.4. The van der Waals surface area contributed by atoms with Crippen LogP contribution in [0.15, 0.2) is 30.3 Å². The third kappa shape index (κ3) is 7.53. The molecule has 33 heavy (non-hydrogen) atoms. The lowest BCUT2D eigenvalue weighted by Gasteiger charge is -2.38. The van der Waals surface area contributed by atoms with E-state index < -0.39 is 16.6 Å². The second-order valence-corrected chi connectivity index (χ2v) is 21.5. The van der Waals surface area contributed by atoms with Gasteiger partial charge < -0.3 is 13.7 Å². The fourth-order valence-corrected chi connectivity index (χ4v) is 5.23. The number of nitrogens with zero attached hydrogens (tertiary/aromatic N) is 1. The van der Waals surface area contributed by atoms with E-state index in [1.54, 1.807) is 17.2 Å². The summed E-state index contributed by atoms with van der Waals surface area (Å²) in [5.41, 5.74) is 0.527. The molecule has 1 aromatic rings. The molecule has 0 aliphatic carbocycles. The second-order valence-electron chi connectivity index (χ2n) is 12.0. The summed E-state index contributed by atoms with van der Waals surface area (Å²) in [6, 6.07) is 8.85. The lowest BCUT2D eigenvalue weighted by Crippen LogP contribution is -2.44. The van der Waals surface area contributed by atoms with Crippen LogP contribution >= 0.6 is 0 Å². The largest absolute Gasteiger partial charge is 0.412 e. The van der Waals surface area contributed by atoms with Crippen molar-refractivity contribution < 1.29 is 18.5 Å². The average Bonchev–Trinajstić information content (AvgIpc) is 3.04. The minimum atomic E-state index is -1.95. The van der Waals surface area contributed by atoms with Gasteiger partial charge in [-0.2, -0.15) is 0 Å². The van der Waals surface area contributed by atoms with E-state index in [0.29, 0.717) is 25.1 Å². The van der Waals surface area contributed by atoms with Gasteiger partial charge in [0.1, 0.15) is 6.04 Å². The minimum Gasteiger partial charge on any atom is -0.412 e. The van der Waals surface area contributed by atoms with Crippen molar-refractivity contribution in [2.75, 3.05) is 13.2 Å². The van der Waals surface area contributed by atoms with Gasteiger partial charge in [-0.25, -0.2) is 4.79 Å². The van der Waals surface area contributed by atoms with Gasteiger partial charge >= 0.3 is 5.97 Å². The van der Waals surface area contributed by atoms with Gasteiger partial charge in [0.05, 0.1) is 24.8 Å². The fourth-order valence-electron chi connectivity index (χ4n) is 3.01. The van der Waals surface area contributed by atoms with Crippen LogP contribution in [0.1, 0.15) is 58.3 Å². The first-order valence-corrected chi connectivity index (χ1v) is 17.7. The highest BCUT2D eigenvalue weighted by Crippen LogP contribution is 2.39. The molecule has 0 unspecified atom stereocenters. The summed E-state index contributed by atoms with van der Waals surface area (Å²) < 4.78 is 12.8. The van der Waals surface area contributed by atoms with E-state index in [0.717, 1.165) is 0 Å². The van der Waals surface area contributed by atoms with Crippen LogP contribution in [0.2, 0.25) is 36.3 Å². The summed E-state index contributed by atoms with van der Waals surface area (Å²) in [4.78, 5) is 18.5. The average molecular weight is 490 g/mol. The first kappa shape index (κ1) is 27.8. The van der Waals surface area contributed by atoms with Gasteiger partial charge in [0, 0.05) is 6.42 Å². The molecule has 5 nitrogen and oxygen atoms in total. The molecule has 1 saturated heterocycles. The SMILES string of the molecule is CC(C)(C)[Si](C)(C)OCC#C[C@H]1C[C@@H](O[Si](C)(C)C(C)(C)C)CN1OC(=O)c1ccccc1. The Morgan fingerprint density at radius 3 is 2.12 bits per heavy atom. The van der Waals surface area contributed by atoms with E-state index in [4.69, 9.17) is 13.7 Å². The lowest BCUT2D eigenvalue weighted by atomic mass is 10.2. The number of hydroxylamine groups is 2. The molecule has 1 heterocycles. The van der Waals surface area contributed by atoms with E-state index >= 15 is 0 Å². The molecule has 0 saturated carbocycles. The van der Waals surface area contributed by atoms with Crippen molar-refractivity contribution in [3.05, 3.63) is 35.9 Å². The molecule has 0 bridgehead atoms. The first-order valence-electron chi connectivity index (χ1n) is 11.9. The molecule has 1 aliphatic heterocycles. The number of benzene rings is 1. The smallest absolute Gasteiger partial charge is 0.357 e. The Hall–Kier alpha value is -1.44. The Labute approximate surface area is 203 Å². The van der Waals surface area contributed by atoms with Crippen LogP contribution in [0.3, 0.4) is 0 Å². The van der Waals surface area contributed by atoms with Gasteiger partial charge in [0.15, 0.2) is 16.6 Å². The van der Waals surface area contributed by atoms with Crippen molar-refractivity contribution in [1.82, 2.24) is 5.06 Å². The highest BCUT2D eigenvalue weighted by atomic mass is 28.4. The van der Waals surface area contributed by atoms with Crippen LogP contribution in [0, 0.1) is 11.8 Å². The van der Waals surface area contributed by atoms with Crippen LogP contribution in [0.5, 0.6) is 0 Å². The maximum Gasteiger partial charge on any atom is 0.357 e. The third-order valence-electron chi connectivity index (χ3n) is 7.27. The lowest BCUT2D eigenvalue weighted by molar-refractivity contribution is -0.111. The minimum absolute atomic E-state index is 0.0184. The summed E-state index contributed by atoms with van der Waals surface area (Å²) in [5, 5.41) is 1.95. The van der Waals surface area contributed by atoms with E-state index in [2.05, 4.69) is 79.6 Å². The Morgan fingerprint density at radius 1 is 1.00 bits per heavy atom. The molecule has 0 amide bonds. The Kier molecular flexibility index (Phi) is 8.80. The molecule has 0 radical (unpaired) electrons.